The summed E-state index contributed by atoms with van der Waals surface area (Å²) in [6, 6.07) is 12.3. The molecule has 70 heavy (non-hydrogen) atoms. The maximum absolute atomic E-state index is 16.0. The molecule has 1 atom stereocenters. The Morgan fingerprint density at radius 3 is 2.44 bits per heavy atom. The lowest BCUT2D eigenvalue weighted by Crippen LogP contribution is -2.73. The number of likely N-dealkylation sites (tertiary alicyclic amines) is 1. The molecule has 0 radical (unpaired) electrons. The standard InChI is InChI=1S/C49H48F2N12O6S/c1-57-37-20-38(35(51)19-32(37)43(56-57)62-13-8-39(64)54-47(62)68)58-14-9-49(69,10-15-58)21-40(65)61-25-48(26-61)23-60(24-48)30-6-4-28(5-7-30)29-17-31-33(34(50)18-29)22-63(45(31)67)42(44(66)55-46-52-11-16-70-46)41-36-3-2-12-59(36)27-53-41/h4-7,11,16-20,27,42,69H,2-3,8-10,12-15,21-26H2,1H3,(H,52,55,66)(H,54,64,68). The van der Waals surface area contributed by atoms with Gasteiger partial charge >= 0.3 is 6.03 Å². The minimum absolute atomic E-state index is 0.0163. The summed E-state index contributed by atoms with van der Waals surface area (Å²) in [5, 5.41) is 23.7. The molecule has 6 aromatic rings. The van der Waals surface area contributed by atoms with E-state index in [0.717, 1.165) is 49.4 Å². The van der Waals surface area contributed by atoms with Crippen molar-refractivity contribution in [3.8, 4) is 11.1 Å². The van der Waals surface area contributed by atoms with E-state index in [1.54, 1.807) is 46.7 Å². The number of nitrogens with zero attached hydrogens (tertiary/aromatic N) is 10. The van der Waals surface area contributed by atoms with E-state index in [1.165, 1.54) is 33.3 Å². The minimum Gasteiger partial charge on any atom is -0.389 e. The number of imide groups is 1. The number of aryl methyl sites for hydroxylation is 2. The van der Waals surface area contributed by atoms with Gasteiger partial charge in [0.1, 0.15) is 11.6 Å². The monoisotopic (exact) mass is 970 g/mol. The number of hydrogen-bond donors (Lipinski definition) is 3. The summed E-state index contributed by atoms with van der Waals surface area (Å²) in [4.78, 5) is 83.1. The Bertz CT molecular complexity index is 3150. The van der Waals surface area contributed by atoms with Crippen molar-refractivity contribution in [2.45, 2.75) is 63.3 Å². The van der Waals surface area contributed by atoms with Gasteiger partial charge in [0.05, 0.1) is 41.8 Å². The Morgan fingerprint density at radius 1 is 0.914 bits per heavy atom. The van der Waals surface area contributed by atoms with Crippen LogP contribution < -0.4 is 25.3 Å². The van der Waals surface area contributed by atoms with Gasteiger partial charge in [0.2, 0.25) is 11.8 Å². The summed E-state index contributed by atoms with van der Waals surface area (Å²) >= 11 is 1.27. The Kier molecular flexibility index (Phi) is 10.3. The third-order valence-electron chi connectivity index (χ3n) is 15.0. The first kappa shape index (κ1) is 44.0. The van der Waals surface area contributed by atoms with Gasteiger partial charge in [0.15, 0.2) is 17.0 Å². The van der Waals surface area contributed by atoms with Crippen molar-refractivity contribution >= 4 is 74.2 Å². The number of anilines is 4. The molecule has 9 heterocycles. The molecular weight excluding hydrogens is 923 g/mol. The number of fused-ring (bicyclic) bond motifs is 3. The maximum atomic E-state index is 16.0. The highest BCUT2D eigenvalue weighted by atomic mass is 32.1. The number of amides is 6. The van der Waals surface area contributed by atoms with E-state index in [4.69, 9.17) is 0 Å². The van der Waals surface area contributed by atoms with Crippen molar-refractivity contribution in [3.63, 3.8) is 0 Å². The number of aliphatic hydroxyl groups is 1. The van der Waals surface area contributed by atoms with Crippen LogP contribution in [0.15, 0.2) is 66.4 Å². The summed E-state index contributed by atoms with van der Waals surface area (Å²) in [6.45, 7) is 4.21. The summed E-state index contributed by atoms with van der Waals surface area (Å²) in [7, 11) is 1.71. The van der Waals surface area contributed by atoms with Crippen molar-refractivity contribution in [3.05, 3.63) is 101 Å². The van der Waals surface area contributed by atoms with Gasteiger partial charge < -0.3 is 29.3 Å². The van der Waals surface area contributed by atoms with Crippen LogP contribution in [0, 0.1) is 17.0 Å². The van der Waals surface area contributed by atoms with Crippen LogP contribution in [0.4, 0.5) is 35.9 Å². The second kappa shape index (κ2) is 16.4. The molecule has 360 valence electrons. The van der Waals surface area contributed by atoms with Crippen LogP contribution in [0.5, 0.6) is 0 Å². The topological polar surface area (TPSA) is 194 Å². The van der Waals surface area contributed by atoms with Gasteiger partial charge in [0.25, 0.3) is 11.8 Å². The molecule has 0 saturated carbocycles. The quantitative estimate of drug-likeness (QED) is 0.168. The van der Waals surface area contributed by atoms with E-state index >= 15 is 8.78 Å². The highest BCUT2D eigenvalue weighted by molar-refractivity contribution is 7.13. The van der Waals surface area contributed by atoms with E-state index in [0.29, 0.717) is 59.2 Å². The van der Waals surface area contributed by atoms with Gasteiger partial charge in [-0.1, -0.05) is 12.1 Å². The first-order chi connectivity index (χ1) is 33.7. The molecule has 3 aromatic heterocycles. The second-order valence-electron chi connectivity index (χ2n) is 19.6. The Labute approximate surface area is 403 Å². The van der Waals surface area contributed by atoms with E-state index in [-0.39, 0.29) is 72.9 Å². The molecule has 1 unspecified atom stereocenters. The maximum Gasteiger partial charge on any atom is 0.329 e. The largest absolute Gasteiger partial charge is 0.389 e. The summed E-state index contributed by atoms with van der Waals surface area (Å²) < 4.78 is 35.3. The molecule has 3 N–H and O–H groups in total. The van der Waals surface area contributed by atoms with E-state index < -0.39 is 41.1 Å². The van der Waals surface area contributed by atoms with E-state index in [9.17, 15) is 29.1 Å². The van der Waals surface area contributed by atoms with Crippen molar-refractivity contribution in [2.24, 2.45) is 12.5 Å². The first-order valence-electron chi connectivity index (χ1n) is 23.5. The molecule has 3 aromatic carbocycles. The lowest BCUT2D eigenvalue weighted by molar-refractivity contribution is -0.151. The summed E-state index contributed by atoms with van der Waals surface area (Å²) in [6.07, 6.45) is 5.58. The zero-order chi connectivity index (χ0) is 48.2. The van der Waals surface area contributed by atoms with Crippen LogP contribution in [0.2, 0.25) is 0 Å². The number of hydrogen-bond acceptors (Lipinski definition) is 12. The fourth-order valence-electron chi connectivity index (χ4n) is 11.3. The smallest absolute Gasteiger partial charge is 0.329 e. The number of thiazole rings is 1. The van der Waals surface area contributed by atoms with E-state index in [2.05, 4.69) is 30.6 Å². The van der Waals surface area contributed by atoms with Gasteiger partial charge in [-0.15, -0.1) is 11.3 Å². The predicted octanol–water partition coefficient (Wildman–Crippen LogP) is 4.97. The van der Waals surface area contributed by atoms with Gasteiger partial charge in [-0.05, 0) is 73.2 Å². The lowest BCUT2D eigenvalue weighted by Gasteiger charge is -2.61. The number of benzene rings is 3. The molecule has 1 spiro atoms. The van der Waals surface area contributed by atoms with Crippen LogP contribution in [-0.2, 0) is 40.9 Å². The number of imidazole rings is 1. The van der Waals surface area contributed by atoms with Crippen LogP contribution in [-0.4, -0.2) is 120 Å². The van der Waals surface area contributed by atoms with Crippen molar-refractivity contribution in [2.75, 3.05) is 65.8 Å². The number of rotatable bonds is 10. The van der Waals surface area contributed by atoms with Crippen molar-refractivity contribution in [1.29, 1.82) is 0 Å². The molecule has 0 aliphatic carbocycles. The number of carbonyl (C=O) groups excluding carboxylic acids is 5. The normalized spacial score (nSPS) is 19.6. The average molecular weight is 971 g/mol. The summed E-state index contributed by atoms with van der Waals surface area (Å²) in [5.41, 5.74) is 3.80. The lowest BCUT2D eigenvalue weighted by atomic mass is 9.72. The van der Waals surface area contributed by atoms with Crippen LogP contribution in [0.25, 0.3) is 22.0 Å². The SMILES string of the molecule is Cn1nc(N2CCC(=O)NC2=O)c2cc(F)c(N3CCC(O)(CC(=O)N4CC5(C4)CN(c4ccc(-c6cc(F)c7c(c6)C(=O)N(C(C(=O)Nc6nccs6)c6ncn8c6CCC8)C7)cc4)C5)CC3)cc21. The average Bonchev–Trinajstić information content (AvgIpc) is 4.16. The third kappa shape index (κ3) is 7.44. The highest BCUT2D eigenvalue weighted by Gasteiger charge is 2.54. The minimum atomic E-state index is -1.22. The van der Waals surface area contributed by atoms with E-state index in [1.807, 2.05) is 33.7 Å². The Balaban J connectivity index is 0.650. The molecule has 6 amide bonds. The van der Waals surface area contributed by atoms with Gasteiger partial charge in [-0.3, -0.25) is 39.4 Å². The number of aromatic nitrogens is 5. The molecule has 18 nitrogen and oxygen atoms in total. The van der Waals surface area contributed by atoms with Crippen LogP contribution in [0.3, 0.4) is 0 Å². The Hall–Kier alpha value is -7.26. The zero-order valence-electron chi connectivity index (χ0n) is 38.2. The third-order valence-corrected chi connectivity index (χ3v) is 15.7. The zero-order valence-corrected chi connectivity index (χ0v) is 39.0. The van der Waals surface area contributed by atoms with Crippen LogP contribution >= 0.6 is 11.3 Å². The van der Waals surface area contributed by atoms with Crippen LogP contribution in [0.1, 0.15) is 65.5 Å². The van der Waals surface area contributed by atoms with Crippen molar-refractivity contribution < 1.29 is 37.9 Å². The predicted molar refractivity (Wildman–Crippen MR) is 254 cm³/mol. The molecule has 6 aliphatic heterocycles. The fourth-order valence-corrected chi connectivity index (χ4v) is 11.8. The molecule has 12 rings (SSSR count). The number of halogens is 2. The molecule has 21 heteroatoms. The number of piperidine rings is 1. The molecule has 4 saturated heterocycles. The molecule has 6 aliphatic rings. The molecular formula is C49H48F2N12O6S. The fraction of sp³-hybridized carbons (Fsp3) is 0.388. The number of nitrogens with one attached hydrogen (secondary N) is 2. The molecule has 4 fully saturated rings. The second-order valence-corrected chi connectivity index (χ2v) is 20.5. The summed E-state index contributed by atoms with van der Waals surface area (Å²) in [5.74, 6) is -2.13. The number of carbonyl (C=O) groups is 5. The van der Waals surface area contributed by atoms with Crippen molar-refractivity contribution in [1.82, 2.24) is 39.4 Å². The van der Waals surface area contributed by atoms with Gasteiger partial charge in [0, 0.05) is 111 Å². The molecule has 0 bridgehead atoms. The van der Waals surface area contributed by atoms with Gasteiger partial charge in [-0.25, -0.2) is 23.5 Å². The highest BCUT2D eigenvalue weighted by Crippen LogP contribution is 2.44. The van der Waals surface area contributed by atoms with Gasteiger partial charge in [-0.2, -0.15) is 5.10 Å². The Morgan fingerprint density at radius 2 is 1.70 bits per heavy atom. The first-order valence-corrected chi connectivity index (χ1v) is 24.4. The number of urea groups is 1.